The smallest absolute Gasteiger partial charge is 0.277 e. The number of halogens is 1. The normalized spacial score (nSPS) is 11.0. The van der Waals surface area contributed by atoms with E-state index in [0.717, 1.165) is 16.6 Å². The zero-order valence-corrected chi connectivity index (χ0v) is 13.8. The Labute approximate surface area is 147 Å². The lowest BCUT2D eigenvalue weighted by Gasteiger charge is -2.02. The molecule has 0 bridgehead atoms. The lowest BCUT2D eigenvalue weighted by atomic mass is 10.1. The lowest BCUT2D eigenvalue weighted by Crippen LogP contribution is -2.12. The number of carbonyl (C=O) groups is 1. The second-order valence-electron chi connectivity index (χ2n) is 5.48. The van der Waals surface area contributed by atoms with Crippen LogP contribution in [0.3, 0.4) is 0 Å². The summed E-state index contributed by atoms with van der Waals surface area (Å²) < 4.78 is 5.24. The van der Waals surface area contributed by atoms with Crippen molar-refractivity contribution in [3.8, 4) is 11.3 Å². The number of amides is 1. The Hall–Kier alpha value is -3.19. The van der Waals surface area contributed by atoms with E-state index in [1.165, 1.54) is 0 Å². The molecule has 0 saturated carbocycles. The molecule has 2 N–H and O–H groups in total. The number of benzene rings is 1. The van der Waals surface area contributed by atoms with Gasteiger partial charge in [0.25, 0.3) is 5.91 Å². The minimum Gasteiger partial charge on any atom is -0.355 e. The molecule has 0 radical (unpaired) electrons. The fourth-order valence-corrected chi connectivity index (χ4v) is 2.63. The summed E-state index contributed by atoms with van der Waals surface area (Å²) in [6.07, 6.45) is 1.54. The highest BCUT2D eigenvalue weighted by Crippen LogP contribution is 2.24. The van der Waals surface area contributed by atoms with E-state index < -0.39 is 0 Å². The van der Waals surface area contributed by atoms with Crippen molar-refractivity contribution < 1.29 is 9.32 Å². The third-order valence-corrected chi connectivity index (χ3v) is 3.95. The van der Waals surface area contributed by atoms with Crippen LogP contribution in [0, 0.1) is 6.92 Å². The molecule has 0 aliphatic rings. The summed E-state index contributed by atoms with van der Waals surface area (Å²) in [6, 6.07) is 10.5. The average Bonchev–Trinajstić information content (AvgIpc) is 3.23. The number of anilines is 1. The summed E-state index contributed by atoms with van der Waals surface area (Å²) in [5.41, 5.74) is 2.94. The first-order chi connectivity index (χ1) is 12.1. The largest absolute Gasteiger partial charge is 0.355 e. The van der Waals surface area contributed by atoms with E-state index in [2.05, 4.69) is 25.7 Å². The van der Waals surface area contributed by atoms with Crippen LogP contribution in [0.2, 0.25) is 5.02 Å². The van der Waals surface area contributed by atoms with Crippen molar-refractivity contribution in [3.63, 3.8) is 0 Å². The van der Waals surface area contributed by atoms with E-state index in [9.17, 15) is 4.79 Å². The van der Waals surface area contributed by atoms with Crippen LogP contribution in [0.1, 0.15) is 16.2 Å². The Morgan fingerprint density at radius 1 is 1.28 bits per heavy atom. The molecule has 25 heavy (non-hydrogen) atoms. The predicted octanol–water partition coefficient (Wildman–Crippen LogP) is 3.83. The molecule has 1 amide bonds. The first kappa shape index (κ1) is 15.3. The van der Waals surface area contributed by atoms with Gasteiger partial charge in [-0.05, 0) is 25.1 Å². The van der Waals surface area contributed by atoms with Gasteiger partial charge in [-0.15, -0.1) is 0 Å². The van der Waals surface area contributed by atoms with Crippen LogP contribution in [-0.2, 0) is 0 Å². The number of H-pyrrole nitrogens is 1. The fraction of sp³-hybridized carbons (Fsp3) is 0.0588. The van der Waals surface area contributed by atoms with Crippen molar-refractivity contribution >= 4 is 34.2 Å². The van der Waals surface area contributed by atoms with E-state index >= 15 is 0 Å². The average molecular weight is 354 g/mol. The van der Waals surface area contributed by atoms with Gasteiger partial charge in [-0.2, -0.15) is 5.10 Å². The zero-order valence-electron chi connectivity index (χ0n) is 13.1. The van der Waals surface area contributed by atoms with Crippen molar-refractivity contribution in [2.75, 3.05) is 5.32 Å². The van der Waals surface area contributed by atoms with Gasteiger partial charge in [0.05, 0.1) is 11.9 Å². The van der Waals surface area contributed by atoms with Crippen molar-refractivity contribution in [3.05, 3.63) is 59.0 Å². The van der Waals surface area contributed by atoms with Crippen LogP contribution in [-0.4, -0.2) is 26.2 Å². The SMILES string of the molecule is Cc1[nH]nc2ncc(NC(=O)c3cc(-c4cccc(Cl)c4)on3)cc12. The summed E-state index contributed by atoms with van der Waals surface area (Å²) in [5, 5.41) is 14.9. The number of hydrogen-bond donors (Lipinski definition) is 2. The third-order valence-electron chi connectivity index (χ3n) is 3.71. The number of aromatic amines is 1. The molecule has 7 nitrogen and oxygen atoms in total. The molecular formula is C17H12ClN5O2. The zero-order chi connectivity index (χ0) is 17.4. The van der Waals surface area contributed by atoms with Crippen LogP contribution in [0.15, 0.2) is 47.1 Å². The Balaban J connectivity index is 1.57. The Morgan fingerprint density at radius 3 is 3.00 bits per heavy atom. The number of aromatic nitrogens is 4. The van der Waals surface area contributed by atoms with E-state index in [1.54, 1.807) is 36.5 Å². The van der Waals surface area contributed by atoms with Gasteiger partial charge < -0.3 is 9.84 Å². The number of hydrogen-bond acceptors (Lipinski definition) is 5. The van der Waals surface area contributed by atoms with Crippen LogP contribution in [0.25, 0.3) is 22.4 Å². The summed E-state index contributed by atoms with van der Waals surface area (Å²) in [7, 11) is 0. The van der Waals surface area contributed by atoms with Gasteiger partial charge in [-0.1, -0.05) is 28.9 Å². The molecule has 0 aliphatic carbocycles. The maximum Gasteiger partial charge on any atom is 0.277 e. The second-order valence-corrected chi connectivity index (χ2v) is 5.92. The van der Waals surface area contributed by atoms with Crippen molar-refractivity contribution in [2.24, 2.45) is 0 Å². The van der Waals surface area contributed by atoms with Gasteiger partial charge in [0.2, 0.25) is 0 Å². The topological polar surface area (TPSA) is 96.7 Å². The van der Waals surface area contributed by atoms with Crippen molar-refractivity contribution in [1.29, 1.82) is 0 Å². The monoisotopic (exact) mass is 353 g/mol. The predicted molar refractivity (Wildman–Crippen MR) is 93.5 cm³/mol. The first-order valence-corrected chi connectivity index (χ1v) is 7.83. The molecule has 4 aromatic rings. The van der Waals surface area contributed by atoms with Crippen LogP contribution >= 0.6 is 11.6 Å². The van der Waals surface area contributed by atoms with Crippen molar-refractivity contribution in [1.82, 2.24) is 20.3 Å². The minimum absolute atomic E-state index is 0.166. The Morgan fingerprint density at radius 2 is 2.16 bits per heavy atom. The van der Waals surface area contributed by atoms with Gasteiger partial charge in [-0.25, -0.2) is 4.98 Å². The number of fused-ring (bicyclic) bond motifs is 1. The van der Waals surface area contributed by atoms with Gasteiger partial charge in [0.1, 0.15) is 0 Å². The molecule has 8 heteroatoms. The highest BCUT2D eigenvalue weighted by molar-refractivity contribution is 6.30. The fourth-order valence-electron chi connectivity index (χ4n) is 2.44. The van der Waals surface area contributed by atoms with E-state index in [1.807, 2.05) is 13.0 Å². The standard InChI is InChI=1S/C17H12ClN5O2/c1-9-13-6-12(8-19-16(13)22-21-9)20-17(24)14-7-15(25-23-14)10-3-2-4-11(18)5-10/h2-8H,1H3,(H,20,24)(H,19,21,22). The number of carbonyl (C=O) groups excluding carboxylic acids is 1. The number of aryl methyl sites for hydroxylation is 1. The number of pyridine rings is 1. The van der Waals surface area contributed by atoms with Gasteiger partial charge in [0.15, 0.2) is 17.1 Å². The maximum absolute atomic E-state index is 12.4. The van der Waals surface area contributed by atoms with Gasteiger partial charge in [0, 0.05) is 27.7 Å². The molecule has 4 rings (SSSR count). The molecule has 3 heterocycles. The van der Waals surface area contributed by atoms with Crippen LogP contribution in [0.4, 0.5) is 5.69 Å². The molecule has 0 aliphatic heterocycles. The summed E-state index contributed by atoms with van der Waals surface area (Å²) >= 11 is 5.97. The Bertz CT molecular complexity index is 1090. The molecule has 0 unspecified atom stereocenters. The van der Waals surface area contributed by atoms with Gasteiger partial charge in [-0.3, -0.25) is 9.89 Å². The van der Waals surface area contributed by atoms with E-state index in [0.29, 0.717) is 22.1 Å². The highest BCUT2D eigenvalue weighted by Gasteiger charge is 2.15. The van der Waals surface area contributed by atoms with Crippen molar-refractivity contribution in [2.45, 2.75) is 6.92 Å². The summed E-state index contributed by atoms with van der Waals surface area (Å²) in [5.74, 6) is 0.0752. The number of rotatable bonds is 3. The quantitative estimate of drug-likeness (QED) is 0.583. The molecule has 124 valence electrons. The number of nitrogens with one attached hydrogen (secondary N) is 2. The second kappa shape index (κ2) is 6.03. The lowest BCUT2D eigenvalue weighted by molar-refractivity contribution is 0.101. The molecule has 0 saturated heterocycles. The summed E-state index contributed by atoms with van der Waals surface area (Å²) in [6.45, 7) is 1.89. The molecule has 3 aromatic heterocycles. The third kappa shape index (κ3) is 2.97. The maximum atomic E-state index is 12.4. The first-order valence-electron chi connectivity index (χ1n) is 7.45. The van der Waals surface area contributed by atoms with Crippen LogP contribution in [0.5, 0.6) is 0 Å². The highest BCUT2D eigenvalue weighted by atomic mass is 35.5. The molecule has 0 spiro atoms. The Kier molecular flexibility index (Phi) is 3.70. The molecular weight excluding hydrogens is 342 g/mol. The summed E-state index contributed by atoms with van der Waals surface area (Å²) in [4.78, 5) is 16.6. The van der Waals surface area contributed by atoms with Gasteiger partial charge >= 0.3 is 0 Å². The number of nitrogens with zero attached hydrogens (tertiary/aromatic N) is 3. The van der Waals surface area contributed by atoms with Crippen LogP contribution < -0.4 is 5.32 Å². The van der Waals surface area contributed by atoms with E-state index in [-0.39, 0.29) is 11.6 Å². The molecule has 0 atom stereocenters. The minimum atomic E-state index is -0.390. The molecule has 1 aromatic carbocycles. The molecule has 0 fully saturated rings. The van der Waals surface area contributed by atoms with E-state index in [4.69, 9.17) is 16.1 Å².